The third-order valence-corrected chi connectivity index (χ3v) is 6.32. The summed E-state index contributed by atoms with van der Waals surface area (Å²) in [6.45, 7) is 2.05. The Kier molecular flexibility index (Phi) is 5.28. The molecule has 0 spiro atoms. The number of carbonyl (C=O) groups excluding carboxylic acids is 1. The summed E-state index contributed by atoms with van der Waals surface area (Å²) in [5.74, 6) is -0.108. The first-order valence-corrected chi connectivity index (χ1v) is 10.0. The van der Waals surface area contributed by atoms with Crippen LogP contribution in [0.2, 0.25) is 5.02 Å². The van der Waals surface area contributed by atoms with Gasteiger partial charge in [0.2, 0.25) is 10.0 Å². The van der Waals surface area contributed by atoms with E-state index in [0.29, 0.717) is 10.6 Å². The second-order valence-electron chi connectivity index (χ2n) is 6.31. The van der Waals surface area contributed by atoms with Crippen molar-refractivity contribution in [2.75, 3.05) is 14.1 Å². The first kappa shape index (κ1) is 19.4. The molecule has 142 valence electrons. The number of benzene rings is 2. The van der Waals surface area contributed by atoms with Gasteiger partial charge in [0.1, 0.15) is 5.58 Å². The van der Waals surface area contributed by atoms with Gasteiger partial charge in [-0.25, -0.2) is 12.7 Å². The van der Waals surface area contributed by atoms with Gasteiger partial charge in [0.05, 0.1) is 4.90 Å². The lowest BCUT2D eigenvalue weighted by Gasteiger charge is -2.11. The number of halogens is 1. The van der Waals surface area contributed by atoms with Gasteiger partial charge in [-0.2, -0.15) is 0 Å². The van der Waals surface area contributed by atoms with Crippen LogP contribution in [-0.4, -0.2) is 32.7 Å². The molecule has 0 saturated carbocycles. The number of furan rings is 1. The highest BCUT2D eigenvalue weighted by Crippen LogP contribution is 2.27. The molecule has 0 unspecified atom stereocenters. The van der Waals surface area contributed by atoms with E-state index in [2.05, 4.69) is 5.32 Å². The van der Waals surface area contributed by atoms with Crippen molar-refractivity contribution < 1.29 is 17.6 Å². The van der Waals surface area contributed by atoms with Crippen molar-refractivity contribution in [3.05, 3.63) is 64.4 Å². The molecule has 1 N–H and O–H groups in total. The Bertz CT molecular complexity index is 1100. The lowest BCUT2D eigenvalue weighted by molar-refractivity contribution is 0.0924. The molecule has 8 heteroatoms. The molecule has 0 saturated heterocycles. The van der Waals surface area contributed by atoms with Crippen LogP contribution >= 0.6 is 11.6 Å². The van der Waals surface area contributed by atoms with E-state index in [1.807, 2.05) is 0 Å². The smallest absolute Gasteiger partial charge is 0.287 e. The second kappa shape index (κ2) is 7.34. The summed E-state index contributed by atoms with van der Waals surface area (Å²) < 4.78 is 30.9. The highest BCUT2D eigenvalue weighted by molar-refractivity contribution is 7.89. The van der Waals surface area contributed by atoms with Crippen molar-refractivity contribution in [1.82, 2.24) is 9.62 Å². The predicted octanol–water partition coefficient (Wildman–Crippen LogP) is 3.57. The zero-order valence-electron chi connectivity index (χ0n) is 15.1. The third-order valence-electron chi connectivity index (χ3n) is 4.26. The number of nitrogens with one attached hydrogen (secondary N) is 1. The Labute approximate surface area is 162 Å². The fourth-order valence-electron chi connectivity index (χ4n) is 2.66. The Morgan fingerprint density at radius 3 is 2.44 bits per heavy atom. The van der Waals surface area contributed by atoms with Gasteiger partial charge in [-0.05, 0) is 42.8 Å². The van der Waals surface area contributed by atoms with Gasteiger partial charge in [0.25, 0.3) is 5.91 Å². The minimum Gasteiger partial charge on any atom is -0.451 e. The molecule has 3 aromatic rings. The molecule has 0 fully saturated rings. The normalized spacial score (nSPS) is 11.9. The summed E-state index contributed by atoms with van der Waals surface area (Å²) in [5, 5.41) is 4.16. The summed E-state index contributed by atoms with van der Waals surface area (Å²) in [6.07, 6.45) is 0. The van der Waals surface area contributed by atoms with E-state index in [-0.39, 0.29) is 23.1 Å². The van der Waals surface area contributed by atoms with E-state index >= 15 is 0 Å². The predicted molar refractivity (Wildman–Crippen MR) is 104 cm³/mol. The van der Waals surface area contributed by atoms with Gasteiger partial charge < -0.3 is 9.73 Å². The zero-order chi connectivity index (χ0) is 19.8. The maximum atomic E-state index is 12.5. The number of hydrogen-bond acceptors (Lipinski definition) is 4. The van der Waals surface area contributed by atoms with Crippen LogP contribution in [0.3, 0.4) is 0 Å². The maximum Gasteiger partial charge on any atom is 0.287 e. The molecular formula is C19H19ClN2O4S. The number of nitrogens with zero attached hydrogens (tertiary/aromatic N) is 1. The van der Waals surface area contributed by atoms with Crippen molar-refractivity contribution in [2.24, 2.45) is 0 Å². The SMILES string of the molecule is Cc1c(C(=O)NCc2ccc(S(=O)(=O)N(C)C)cc2)oc2ccc(Cl)cc12. The monoisotopic (exact) mass is 406 g/mol. The molecule has 0 aliphatic rings. The molecule has 0 aliphatic heterocycles. The largest absolute Gasteiger partial charge is 0.451 e. The fraction of sp³-hybridized carbons (Fsp3) is 0.211. The fourth-order valence-corrected chi connectivity index (χ4v) is 3.74. The molecule has 27 heavy (non-hydrogen) atoms. The number of rotatable bonds is 5. The highest BCUT2D eigenvalue weighted by atomic mass is 35.5. The Morgan fingerprint density at radius 1 is 1.15 bits per heavy atom. The minimum atomic E-state index is -3.47. The molecule has 0 aliphatic carbocycles. The van der Waals surface area contributed by atoms with Crippen LogP contribution in [0.15, 0.2) is 51.8 Å². The lowest BCUT2D eigenvalue weighted by Crippen LogP contribution is -2.23. The molecule has 3 rings (SSSR count). The molecule has 6 nitrogen and oxygen atoms in total. The van der Waals surface area contributed by atoms with Crippen LogP contribution in [0.25, 0.3) is 11.0 Å². The number of amides is 1. The van der Waals surface area contributed by atoms with Crippen LogP contribution < -0.4 is 5.32 Å². The molecule has 0 bridgehead atoms. The summed E-state index contributed by atoms with van der Waals surface area (Å²) in [5.41, 5.74) is 2.09. The van der Waals surface area contributed by atoms with Crippen molar-refractivity contribution in [2.45, 2.75) is 18.4 Å². The Balaban J connectivity index is 1.74. The molecule has 1 heterocycles. The molecule has 0 atom stereocenters. The molecular weight excluding hydrogens is 388 g/mol. The number of sulfonamides is 1. The molecule has 1 amide bonds. The average molecular weight is 407 g/mol. The van der Waals surface area contributed by atoms with Gasteiger partial charge in [0.15, 0.2) is 5.76 Å². The zero-order valence-corrected chi connectivity index (χ0v) is 16.7. The number of fused-ring (bicyclic) bond motifs is 1. The van der Waals surface area contributed by atoms with Gasteiger partial charge in [-0.1, -0.05) is 23.7 Å². The Morgan fingerprint density at radius 2 is 1.81 bits per heavy atom. The molecule has 2 aromatic carbocycles. The van der Waals surface area contributed by atoms with E-state index in [4.69, 9.17) is 16.0 Å². The van der Waals surface area contributed by atoms with Gasteiger partial charge in [-0.3, -0.25) is 4.79 Å². The number of aryl methyl sites for hydroxylation is 1. The first-order valence-electron chi connectivity index (χ1n) is 8.18. The van der Waals surface area contributed by atoms with Crippen molar-refractivity contribution in [3.8, 4) is 0 Å². The quantitative estimate of drug-likeness (QED) is 0.702. The van der Waals surface area contributed by atoms with E-state index in [1.54, 1.807) is 37.3 Å². The highest BCUT2D eigenvalue weighted by Gasteiger charge is 2.19. The summed E-state index contributed by atoms with van der Waals surface area (Å²) in [7, 11) is -0.515. The minimum absolute atomic E-state index is 0.201. The van der Waals surface area contributed by atoms with Crippen LogP contribution in [0, 0.1) is 6.92 Å². The average Bonchev–Trinajstić information content (AvgIpc) is 2.96. The van der Waals surface area contributed by atoms with Crippen molar-refractivity contribution >= 4 is 38.5 Å². The summed E-state index contributed by atoms with van der Waals surface area (Å²) in [4.78, 5) is 12.7. The van der Waals surface area contributed by atoms with Crippen molar-refractivity contribution in [3.63, 3.8) is 0 Å². The van der Waals surface area contributed by atoms with E-state index in [1.165, 1.54) is 26.2 Å². The van der Waals surface area contributed by atoms with Gasteiger partial charge in [-0.15, -0.1) is 0 Å². The molecule has 1 aromatic heterocycles. The van der Waals surface area contributed by atoms with Crippen LogP contribution in [0.4, 0.5) is 0 Å². The number of carbonyl (C=O) groups is 1. The van der Waals surface area contributed by atoms with Crippen LogP contribution in [0.1, 0.15) is 21.7 Å². The lowest BCUT2D eigenvalue weighted by atomic mass is 10.1. The summed E-state index contributed by atoms with van der Waals surface area (Å²) >= 11 is 6.00. The van der Waals surface area contributed by atoms with E-state index in [9.17, 15) is 13.2 Å². The van der Waals surface area contributed by atoms with Crippen LogP contribution in [-0.2, 0) is 16.6 Å². The second-order valence-corrected chi connectivity index (χ2v) is 8.90. The molecule has 0 radical (unpaired) electrons. The van der Waals surface area contributed by atoms with Crippen molar-refractivity contribution in [1.29, 1.82) is 0 Å². The topological polar surface area (TPSA) is 79.6 Å². The van der Waals surface area contributed by atoms with Gasteiger partial charge in [0, 0.05) is 36.6 Å². The maximum absolute atomic E-state index is 12.5. The van der Waals surface area contributed by atoms with E-state index in [0.717, 1.165) is 20.8 Å². The standard InChI is InChI=1S/C19H19ClN2O4S/c1-12-16-10-14(20)6-9-17(16)26-18(12)19(23)21-11-13-4-7-15(8-5-13)27(24,25)22(2)3/h4-10H,11H2,1-3H3,(H,21,23). The number of hydrogen-bond donors (Lipinski definition) is 1. The first-order chi connectivity index (χ1) is 12.7. The third kappa shape index (κ3) is 3.85. The van der Waals surface area contributed by atoms with Crippen LogP contribution in [0.5, 0.6) is 0 Å². The Hall–Kier alpha value is -2.35. The van der Waals surface area contributed by atoms with E-state index < -0.39 is 10.0 Å². The summed E-state index contributed by atoms with van der Waals surface area (Å²) in [6, 6.07) is 11.6. The van der Waals surface area contributed by atoms with Gasteiger partial charge >= 0.3 is 0 Å².